The molecule has 2 N–H and O–H groups in total. The summed E-state index contributed by atoms with van der Waals surface area (Å²) in [6.07, 6.45) is 7.27. The maximum absolute atomic E-state index is 3.66. The second-order valence-corrected chi connectivity index (χ2v) is 5.58. The van der Waals surface area contributed by atoms with Crippen molar-refractivity contribution in [2.24, 2.45) is 5.92 Å². The summed E-state index contributed by atoms with van der Waals surface area (Å²) in [5, 5.41) is 7.24. The molecule has 1 saturated heterocycles. The fourth-order valence-electron chi connectivity index (χ4n) is 2.98. The predicted octanol–water partition coefficient (Wildman–Crippen LogP) is 1.06. The molecule has 0 aromatic heterocycles. The third-order valence-corrected chi connectivity index (χ3v) is 4.01. The summed E-state index contributed by atoms with van der Waals surface area (Å²) >= 11 is 0. The lowest BCUT2D eigenvalue weighted by molar-refractivity contribution is 0.231. The van der Waals surface area contributed by atoms with Crippen molar-refractivity contribution >= 4 is 0 Å². The van der Waals surface area contributed by atoms with Gasteiger partial charge in [-0.1, -0.05) is 19.3 Å². The second kappa shape index (κ2) is 6.58. The van der Waals surface area contributed by atoms with E-state index in [4.69, 9.17) is 0 Å². The van der Waals surface area contributed by atoms with E-state index in [2.05, 4.69) is 22.6 Å². The first-order valence-electron chi connectivity index (χ1n) is 6.97. The Morgan fingerprint density at radius 1 is 1.19 bits per heavy atom. The predicted molar refractivity (Wildman–Crippen MR) is 68.7 cm³/mol. The number of hydrogen-bond donors (Lipinski definition) is 2. The van der Waals surface area contributed by atoms with Crippen molar-refractivity contribution in [3.63, 3.8) is 0 Å². The zero-order chi connectivity index (χ0) is 11.2. The molecule has 16 heavy (non-hydrogen) atoms. The molecule has 0 spiro atoms. The highest BCUT2D eigenvalue weighted by molar-refractivity contribution is 4.79. The van der Waals surface area contributed by atoms with Crippen molar-refractivity contribution in [2.75, 3.05) is 39.8 Å². The van der Waals surface area contributed by atoms with Crippen molar-refractivity contribution in [1.82, 2.24) is 15.5 Å². The van der Waals surface area contributed by atoms with Gasteiger partial charge < -0.3 is 15.5 Å². The van der Waals surface area contributed by atoms with E-state index in [-0.39, 0.29) is 0 Å². The molecule has 1 unspecified atom stereocenters. The minimum Gasteiger partial charge on any atom is -0.315 e. The van der Waals surface area contributed by atoms with Gasteiger partial charge in [-0.15, -0.1) is 0 Å². The molecule has 1 aliphatic heterocycles. The molecule has 1 atom stereocenters. The van der Waals surface area contributed by atoms with Crippen LogP contribution in [0, 0.1) is 5.92 Å². The van der Waals surface area contributed by atoms with Crippen LogP contribution in [-0.4, -0.2) is 50.7 Å². The molecule has 0 aromatic rings. The van der Waals surface area contributed by atoms with Crippen molar-refractivity contribution in [3.8, 4) is 0 Å². The van der Waals surface area contributed by atoms with Gasteiger partial charge in [0.05, 0.1) is 0 Å². The van der Waals surface area contributed by atoms with E-state index in [1.807, 2.05) is 0 Å². The molecule has 2 rings (SSSR count). The van der Waals surface area contributed by atoms with Crippen LogP contribution in [0.15, 0.2) is 0 Å². The number of piperazine rings is 1. The third-order valence-electron chi connectivity index (χ3n) is 4.01. The topological polar surface area (TPSA) is 27.3 Å². The molecule has 1 heterocycles. The molecule has 3 nitrogen and oxygen atoms in total. The van der Waals surface area contributed by atoms with Gasteiger partial charge in [0.2, 0.25) is 0 Å². The summed E-state index contributed by atoms with van der Waals surface area (Å²) in [4.78, 5) is 2.42. The Kier molecular flexibility index (Phi) is 5.07. The van der Waals surface area contributed by atoms with Crippen molar-refractivity contribution < 1.29 is 0 Å². The highest BCUT2D eigenvalue weighted by Crippen LogP contribution is 2.22. The van der Waals surface area contributed by atoms with Crippen LogP contribution in [0.2, 0.25) is 0 Å². The van der Waals surface area contributed by atoms with Gasteiger partial charge in [0, 0.05) is 32.2 Å². The largest absolute Gasteiger partial charge is 0.315 e. The van der Waals surface area contributed by atoms with Crippen LogP contribution in [0.25, 0.3) is 0 Å². The zero-order valence-corrected chi connectivity index (χ0v) is 10.7. The Morgan fingerprint density at radius 2 is 2.00 bits per heavy atom. The van der Waals surface area contributed by atoms with E-state index >= 15 is 0 Å². The lowest BCUT2D eigenvalue weighted by atomic mass is 9.89. The van der Waals surface area contributed by atoms with Crippen LogP contribution >= 0.6 is 0 Å². The standard InChI is InChI=1S/C13H27N3/c1-16-8-7-15-13(11-16)10-14-9-12-5-3-2-4-6-12/h12-15H,2-11H2,1H3. The van der Waals surface area contributed by atoms with Gasteiger partial charge in [0.15, 0.2) is 0 Å². The number of likely N-dealkylation sites (N-methyl/N-ethyl adjacent to an activating group) is 1. The molecule has 94 valence electrons. The summed E-state index contributed by atoms with van der Waals surface area (Å²) in [5.74, 6) is 0.954. The highest BCUT2D eigenvalue weighted by atomic mass is 15.2. The average Bonchev–Trinajstić information content (AvgIpc) is 2.30. The van der Waals surface area contributed by atoms with E-state index in [9.17, 15) is 0 Å². The Morgan fingerprint density at radius 3 is 2.75 bits per heavy atom. The fourth-order valence-corrected chi connectivity index (χ4v) is 2.98. The maximum Gasteiger partial charge on any atom is 0.0320 e. The van der Waals surface area contributed by atoms with E-state index in [0.29, 0.717) is 6.04 Å². The van der Waals surface area contributed by atoms with Crippen LogP contribution in [0.3, 0.4) is 0 Å². The van der Waals surface area contributed by atoms with E-state index in [0.717, 1.165) is 19.0 Å². The van der Waals surface area contributed by atoms with Gasteiger partial charge in [0.25, 0.3) is 0 Å². The number of nitrogens with one attached hydrogen (secondary N) is 2. The van der Waals surface area contributed by atoms with Crippen molar-refractivity contribution in [3.05, 3.63) is 0 Å². The minimum atomic E-state index is 0.655. The molecule has 0 aromatic carbocycles. The molecule has 0 bridgehead atoms. The van der Waals surface area contributed by atoms with Crippen molar-refractivity contribution in [1.29, 1.82) is 0 Å². The maximum atomic E-state index is 3.66. The normalized spacial score (nSPS) is 29.4. The Labute approximate surface area is 100.0 Å². The van der Waals surface area contributed by atoms with Crippen LogP contribution < -0.4 is 10.6 Å². The van der Waals surface area contributed by atoms with Gasteiger partial charge in [-0.25, -0.2) is 0 Å². The number of nitrogens with zero attached hydrogens (tertiary/aromatic N) is 1. The van der Waals surface area contributed by atoms with E-state index in [1.165, 1.54) is 51.7 Å². The Bertz CT molecular complexity index is 190. The summed E-state index contributed by atoms with van der Waals surface area (Å²) in [5.41, 5.74) is 0. The van der Waals surface area contributed by atoms with Crippen LogP contribution in [-0.2, 0) is 0 Å². The molecule has 1 aliphatic carbocycles. The summed E-state index contributed by atoms with van der Waals surface area (Å²) in [7, 11) is 2.22. The molecular formula is C13H27N3. The highest BCUT2D eigenvalue weighted by Gasteiger charge is 2.17. The number of hydrogen-bond acceptors (Lipinski definition) is 3. The molecule has 3 heteroatoms. The van der Waals surface area contributed by atoms with Crippen LogP contribution in [0.4, 0.5) is 0 Å². The van der Waals surface area contributed by atoms with E-state index < -0.39 is 0 Å². The SMILES string of the molecule is CN1CCNC(CNCC2CCCCC2)C1. The number of rotatable bonds is 4. The molecule has 2 fully saturated rings. The molecule has 0 amide bonds. The third kappa shape index (κ3) is 4.04. The molecule has 1 saturated carbocycles. The second-order valence-electron chi connectivity index (χ2n) is 5.58. The molecular weight excluding hydrogens is 198 g/mol. The van der Waals surface area contributed by atoms with Gasteiger partial charge in [-0.3, -0.25) is 0 Å². The molecule has 0 radical (unpaired) electrons. The van der Waals surface area contributed by atoms with Gasteiger partial charge >= 0.3 is 0 Å². The Hall–Kier alpha value is -0.120. The van der Waals surface area contributed by atoms with Gasteiger partial charge in [-0.2, -0.15) is 0 Å². The van der Waals surface area contributed by atoms with Crippen molar-refractivity contribution in [2.45, 2.75) is 38.1 Å². The van der Waals surface area contributed by atoms with Crippen LogP contribution in [0.1, 0.15) is 32.1 Å². The van der Waals surface area contributed by atoms with Gasteiger partial charge in [-0.05, 0) is 32.4 Å². The first kappa shape index (κ1) is 12.3. The van der Waals surface area contributed by atoms with Crippen LogP contribution in [0.5, 0.6) is 0 Å². The minimum absolute atomic E-state index is 0.655. The molecule has 2 aliphatic rings. The summed E-state index contributed by atoms with van der Waals surface area (Å²) < 4.78 is 0. The quantitative estimate of drug-likeness (QED) is 0.749. The zero-order valence-electron chi connectivity index (χ0n) is 10.7. The fraction of sp³-hybridized carbons (Fsp3) is 1.00. The first-order chi connectivity index (χ1) is 7.84. The smallest absolute Gasteiger partial charge is 0.0320 e. The average molecular weight is 225 g/mol. The monoisotopic (exact) mass is 225 g/mol. The summed E-state index contributed by atoms with van der Waals surface area (Å²) in [6, 6.07) is 0.655. The lowest BCUT2D eigenvalue weighted by Crippen LogP contribution is -2.53. The van der Waals surface area contributed by atoms with E-state index in [1.54, 1.807) is 0 Å². The summed E-state index contributed by atoms with van der Waals surface area (Å²) in [6.45, 7) is 5.91. The first-order valence-corrected chi connectivity index (χ1v) is 6.97. The lowest BCUT2D eigenvalue weighted by Gasteiger charge is -2.31. The van der Waals surface area contributed by atoms with Gasteiger partial charge in [0.1, 0.15) is 0 Å². The Balaban J connectivity index is 1.56.